The lowest BCUT2D eigenvalue weighted by molar-refractivity contribution is 0.298. The molecule has 25 heavy (non-hydrogen) atoms. The van der Waals surface area contributed by atoms with Crippen LogP contribution in [0.15, 0.2) is 66.4 Å². The Hall–Kier alpha value is -2.68. The summed E-state index contributed by atoms with van der Waals surface area (Å²) in [7, 11) is 0. The molecule has 0 spiro atoms. The molecule has 3 heteroatoms. The Bertz CT molecular complexity index is 764. The average molecular weight is 336 g/mol. The summed E-state index contributed by atoms with van der Waals surface area (Å²) in [5.41, 5.74) is 2.17. The number of hydrogen-bond acceptors (Lipinski definition) is 3. The van der Waals surface area contributed by atoms with E-state index in [2.05, 4.69) is 0 Å². The summed E-state index contributed by atoms with van der Waals surface area (Å²) in [5, 5.41) is 9.24. The van der Waals surface area contributed by atoms with Crippen LogP contribution in [-0.2, 0) is 0 Å². The zero-order valence-electron chi connectivity index (χ0n) is 14.7. The molecule has 1 aliphatic carbocycles. The highest BCUT2D eigenvalue weighted by atomic mass is 16.5. The average Bonchev–Trinajstić information content (AvgIpc) is 3.43. The van der Waals surface area contributed by atoms with Crippen LogP contribution in [0.5, 0.6) is 17.2 Å². The number of benzene rings is 2. The molecular formula is C22H24O3. The topological polar surface area (TPSA) is 38.7 Å². The summed E-state index contributed by atoms with van der Waals surface area (Å²) in [6.45, 7) is 4.46. The minimum atomic E-state index is 0.295. The van der Waals surface area contributed by atoms with Crippen molar-refractivity contribution in [1.29, 1.82) is 0 Å². The molecule has 1 N–H and O–H groups in total. The van der Waals surface area contributed by atoms with Gasteiger partial charge in [-0.15, -0.1) is 0 Å². The maximum atomic E-state index is 9.24. The van der Waals surface area contributed by atoms with Crippen molar-refractivity contribution in [1.82, 2.24) is 0 Å². The molecule has 2 aromatic carbocycles. The molecule has 0 aliphatic heterocycles. The standard InChI is InChI=1S/C22H24O3/c1-16(6-7-17(2)23)19-10-12-20(13-11-19)25-22-5-3-4-21(14-22)24-15-18-8-9-18/h3-7,10-14,18,23H,8-9,15H2,1-2H3/b16-6+,17-7+. The molecule has 3 nitrogen and oxygen atoms in total. The number of ether oxygens (including phenoxy) is 2. The van der Waals surface area contributed by atoms with Crippen molar-refractivity contribution in [3.05, 3.63) is 72.0 Å². The van der Waals surface area contributed by atoms with Crippen molar-refractivity contribution in [3.8, 4) is 17.2 Å². The Kier molecular flexibility index (Phi) is 5.44. The second kappa shape index (κ2) is 7.93. The molecule has 2 aromatic rings. The van der Waals surface area contributed by atoms with E-state index >= 15 is 0 Å². The van der Waals surface area contributed by atoms with Crippen LogP contribution < -0.4 is 9.47 Å². The predicted molar refractivity (Wildman–Crippen MR) is 101 cm³/mol. The molecule has 0 saturated heterocycles. The van der Waals surface area contributed by atoms with Crippen LogP contribution in [0.25, 0.3) is 5.57 Å². The zero-order valence-corrected chi connectivity index (χ0v) is 14.7. The van der Waals surface area contributed by atoms with Crippen molar-refractivity contribution < 1.29 is 14.6 Å². The van der Waals surface area contributed by atoms with Crippen LogP contribution in [-0.4, -0.2) is 11.7 Å². The maximum absolute atomic E-state index is 9.24. The number of aliphatic hydroxyl groups is 1. The Morgan fingerprint density at radius 2 is 1.72 bits per heavy atom. The van der Waals surface area contributed by atoms with Crippen molar-refractivity contribution in [2.24, 2.45) is 5.92 Å². The summed E-state index contributed by atoms with van der Waals surface area (Å²) in [4.78, 5) is 0. The van der Waals surface area contributed by atoms with Gasteiger partial charge >= 0.3 is 0 Å². The third-order valence-corrected chi connectivity index (χ3v) is 4.11. The van der Waals surface area contributed by atoms with Gasteiger partial charge in [0.15, 0.2) is 0 Å². The molecule has 0 bridgehead atoms. The SMILES string of the molecule is C/C(O)=C\C=C(/C)c1ccc(Oc2cccc(OCC3CC3)c2)cc1. The van der Waals surface area contributed by atoms with Gasteiger partial charge in [-0.1, -0.05) is 24.3 Å². The van der Waals surface area contributed by atoms with E-state index in [1.165, 1.54) is 12.8 Å². The van der Waals surface area contributed by atoms with Gasteiger partial charge in [0.2, 0.25) is 0 Å². The van der Waals surface area contributed by atoms with Gasteiger partial charge in [0.1, 0.15) is 17.2 Å². The van der Waals surface area contributed by atoms with Crippen molar-refractivity contribution in [2.75, 3.05) is 6.61 Å². The molecule has 0 radical (unpaired) electrons. The smallest absolute Gasteiger partial charge is 0.131 e. The third kappa shape index (κ3) is 5.42. The van der Waals surface area contributed by atoms with E-state index in [1.54, 1.807) is 13.0 Å². The van der Waals surface area contributed by atoms with Gasteiger partial charge in [-0.25, -0.2) is 0 Å². The maximum Gasteiger partial charge on any atom is 0.131 e. The van der Waals surface area contributed by atoms with Crippen molar-refractivity contribution in [2.45, 2.75) is 26.7 Å². The monoisotopic (exact) mass is 336 g/mol. The van der Waals surface area contributed by atoms with E-state index in [1.807, 2.05) is 61.5 Å². The fourth-order valence-corrected chi connectivity index (χ4v) is 2.39. The number of aliphatic hydroxyl groups excluding tert-OH is 1. The first-order valence-electron chi connectivity index (χ1n) is 8.65. The van der Waals surface area contributed by atoms with E-state index in [4.69, 9.17) is 9.47 Å². The summed E-state index contributed by atoms with van der Waals surface area (Å²) in [6.07, 6.45) is 6.15. The molecule has 130 valence electrons. The Balaban J connectivity index is 1.63. The van der Waals surface area contributed by atoms with E-state index in [0.717, 1.165) is 40.9 Å². The zero-order chi connectivity index (χ0) is 17.6. The third-order valence-electron chi connectivity index (χ3n) is 4.11. The van der Waals surface area contributed by atoms with Crippen LogP contribution >= 0.6 is 0 Å². The van der Waals surface area contributed by atoms with Gasteiger partial charge < -0.3 is 14.6 Å². The lowest BCUT2D eigenvalue weighted by Crippen LogP contribution is -1.98. The molecular weight excluding hydrogens is 312 g/mol. The van der Waals surface area contributed by atoms with Gasteiger partial charge in [-0.3, -0.25) is 0 Å². The normalized spacial score (nSPS) is 15.1. The highest BCUT2D eigenvalue weighted by Gasteiger charge is 2.21. The number of rotatable bonds is 7. The van der Waals surface area contributed by atoms with Crippen molar-refractivity contribution >= 4 is 5.57 Å². The lowest BCUT2D eigenvalue weighted by atomic mass is 10.1. The second-order valence-electron chi connectivity index (χ2n) is 6.51. The van der Waals surface area contributed by atoms with E-state index in [9.17, 15) is 5.11 Å². The Morgan fingerprint density at radius 3 is 2.40 bits per heavy atom. The van der Waals surface area contributed by atoms with Crippen molar-refractivity contribution in [3.63, 3.8) is 0 Å². The lowest BCUT2D eigenvalue weighted by Gasteiger charge is -2.10. The van der Waals surface area contributed by atoms with E-state index in [0.29, 0.717) is 5.76 Å². The first-order valence-corrected chi connectivity index (χ1v) is 8.65. The molecule has 3 rings (SSSR count). The number of allylic oxidation sites excluding steroid dienone is 4. The minimum absolute atomic E-state index is 0.295. The quantitative estimate of drug-likeness (QED) is 0.488. The molecule has 0 atom stereocenters. The molecule has 0 heterocycles. The summed E-state index contributed by atoms with van der Waals surface area (Å²) in [6, 6.07) is 15.7. The molecule has 0 amide bonds. The van der Waals surface area contributed by atoms with Gasteiger partial charge in [-0.2, -0.15) is 0 Å². The van der Waals surface area contributed by atoms with Crippen LogP contribution in [0.4, 0.5) is 0 Å². The van der Waals surface area contributed by atoms with Crippen LogP contribution in [0, 0.1) is 5.92 Å². The molecule has 0 unspecified atom stereocenters. The molecule has 1 aliphatic rings. The molecule has 0 aromatic heterocycles. The number of hydrogen-bond donors (Lipinski definition) is 1. The van der Waals surface area contributed by atoms with Crippen LogP contribution in [0.2, 0.25) is 0 Å². The molecule has 1 fully saturated rings. The van der Waals surface area contributed by atoms with Gasteiger partial charge in [0.05, 0.1) is 12.4 Å². The molecule has 1 saturated carbocycles. The largest absolute Gasteiger partial charge is 0.513 e. The highest BCUT2D eigenvalue weighted by Crippen LogP contribution is 2.31. The second-order valence-corrected chi connectivity index (χ2v) is 6.51. The fraction of sp³-hybridized carbons (Fsp3) is 0.273. The summed E-state index contributed by atoms with van der Waals surface area (Å²) < 4.78 is 11.7. The van der Waals surface area contributed by atoms with Gasteiger partial charge in [-0.05, 0) is 74.1 Å². The first-order chi connectivity index (χ1) is 12.1. The fourth-order valence-electron chi connectivity index (χ4n) is 2.39. The first kappa shape index (κ1) is 17.2. The summed E-state index contributed by atoms with van der Waals surface area (Å²) >= 11 is 0. The summed E-state index contributed by atoms with van der Waals surface area (Å²) in [5.74, 6) is 3.43. The van der Waals surface area contributed by atoms with E-state index in [-0.39, 0.29) is 0 Å². The Labute approximate surface area is 149 Å². The van der Waals surface area contributed by atoms with Crippen LogP contribution in [0.3, 0.4) is 0 Å². The minimum Gasteiger partial charge on any atom is -0.513 e. The van der Waals surface area contributed by atoms with Gasteiger partial charge in [0.25, 0.3) is 0 Å². The van der Waals surface area contributed by atoms with Crippen LogP contribution in [0.1, 0.15) is 32.3 Å². The van der Waals surface area contributed by atoms with Gasteiger partial charge in [0, 0.05) is 6.07 Å². The Morgan fingerprint density at radius 1 is 1.00 bits per heavy atom. The van der Waals surface area contributed by atoms with E-state index < -0.39 is 0 Å². The predicted octanol–water partition coefficient (Wildman–Crippen LogP) is 6.13. The highest BCUT2D eigenvalue weighted by molar-refractivity contribution is 5.65.